The smallest absolute Gasteiger partial charge is 0.159 e. The zero-order chi connectivity index (χ0) is 11.9. The van der Waals surface area contributed by atoms with E-state index in [-0.39, 0.29) is 11.2 Å². The minimum atomic E-state index is 0.0824. The molecule has 84 valence electrons. The molecule has 1 aromatic rings. The van der Waals surface area contributed by atoms with Gasteiger partial charge in [0.1, 0.15) is 0 Å². The monoisotopic (exact) mass is 215 g/mol. The van der Waals surface area contributed by atoms with E-state index in [1.165, 1.54) is 5.56 Å². The summed E-state index contributed by atoms with van der Waals surface area (Å²) in [4.78, 5) is 11.3. The molecular formula is C14H17NO. The van der Waals surface area contributed by atoms with Gasteiger partial charge in [0.25, 0.3) is 0 Å². The fourth-order valence-corrected chi connectivity index (χ4v) is 2.18. The first-order valence-corrected chi connectivity index (χ1v) is 5.53. The largest absolute Gasteiger partial charge is 0.398 e. The van der Waals surface area contributed by atoms with Crippen molar-refractivity contribution in [2.45, 2.75) is 32.6 Å². The molecule has 2 N–H and O–H groups in total. The van der Waals surface area contributed by atoms with Gasteiger partial charge in [-0.15, -0.1) is 0 Å². The first-order chi connectivity index (χ1) is 7.42. The Kier molecular flexibility index (Phi) is 2.38. The maximum absolute atomic E-state index is 11.3. The van der Waals surface area contributed by atoms with E-state index in [9.17, 15) is 4.79 Å². The molecule has 0 saturated carbocycles. The molecule has 0 heterocycles. The third-order valence-electron chi connectivity index (χ3n) is 3.30. The van der Waals surface area contributed by atoms with E-state index in [0.29, 0.717) is 0 Å². The number of carbonyl (C=O) groups is 1. The lowest BCUT2D eigenvalue weighted by Gasteiger charge is -2.31. The molecule has 16 heavy (non-hydrogen) atoms. The molecule has 2 rings (SSSR count). The normalized spacial score (nSPS) is 17.6. The highest BCUT2D eigenvalue weighted by Crippen LogP contribution is 2.37. The highest BCUT2D eigenvalue weighted by Gasteiger charge is 2.27. The molecule has 2 heteroatoms. The number of benzene rings is 1. The summed E-state index contributed by atoms with van der Waals surface area (Å²) in [5.41, 5.74) is 9.86. The Hall–Kier alpha value is -1.57. The van der Waals surface area contributed by atoms with Crippen LogP contribution in [0.15, 0.2) is 24.3 Å². The maximum atomic E-state index is 11.3. The second-order valence-electron chi connectivity index (χ2n) is 5.06. The summed E-state index contributed by atoms with van der Waals surface area (Å²) < 4.78 is 0. The Morgan fingerprint density at radius 3 is 2.69 bits per heavy atom. The third-order valence-corrected chi connectivity index (χ3v) is 3.30. The molecule has 0 atom stereocenters. The lowest BCUT2D eigenvalue weighted by Crippen LogP contribution is -2.23. The van der Waals surface area contributed by atoms with Gasteiger partial charge in [0.15, 0.2) is 5.78 Å². The molecule has 1 aromatic carbocycles. The summed E-state index contributed by atoms with van der Waals surface area (Å²) in [7, 11) is 0. The summed E-state index contributed by atoms with van der Waals surface area (Å²) in [5.74, 6) is 0.0824. The Labute approximate surface area is 96.2 Å². The van der Waals surface area contributed by atoms with E-state index < -0.39 is 0 Å². The molecule has 0 fully saturated rings. The molecule has 0 unspecified atom stereocenters. The van der Waals surface area contributed by atoms with Crippen LogP contribution < -0.4 is 5.73 Å². The Morgan fingerprint density at radius 2 is 2.06 bits per heavy atom. The molecule has 1 aliphatic rings. The van der Waals surface area contributed by atoms with Crippen molar-refractivity contribution in [2.24, 2.45) is 5.73 Å². The number of Topliss-reactive ketones (excluding diaryl/α,β-unsaturated/α-hetero) is 1. The standard InChI is InChI=1S/C14H17NO/c1-9(16)10-4-5-12-11(8-10)13(15)6-7-14(12,2)3/h4-6,8H,7,15H2,1-3H3. The van der Waals surface area contributed by atoms with Gasteiger partial charge in [0.05, 0.1) is 0 Å². The second kappa shape index (κ2) is 3.48. The number of ketones is 1. The van der Waals surface area contributed by atoms with Gasteiger partial charge in [-0.05, 0) is 30.4 Å². The van der Waals surface area contributed by atoms with E-state index in [0.717, 1.165) is 23.2 Å². The molecule has 1 aliphatic carbocycles. The van der Waals surface area contributed by atoms with Crippen LogP contribution in [-0.4, -0.2) is 5.78 Å². The van der Waals surface area contributed by atoms with E-state index in [2.05, 4.69) is 13.8 Å². The average molecular weight is 215 g/mol. The van der Waals surface area contributed by atoms with Crippen molar-refractivity contribution in [1.82, 2.24) is 0 Å². The maximum Gasteiger partial charge on any atom is 0.159 e. The van der Waals surface area contributed by atoms with Crippen LogP contribution in [0.2, 0.25) is 0 Å². The van der Waals surface area contributed by atoms with Gasteiger partial charge in [-0.25, -0.2) is 0 Å². The summed E-state index contributed by atoms with van der Waals surface area (Å²) in [6.07, 6.45) is 3.00. The fraction of sp³-hybridized carbons (Fsp3) is 0.357. The predicted octanol–water partition coefficient (Wildman–Crippen LogP) is 2.87. The number of fused-ring (bicyclic) bond motifs is 1. The van der Waals surface area contributed by atoms with E-state index >= 15 is 0 Å². The van der Waals surface area contributed by atoms with Crippen molar-refractivity contribution in [3.63, 3.8) is 0 Å². The van der Waals surface area contributed by atoms with Crippen molar-refractivity contribution in [2.75, 3.05) is 0 Å². The van der Waals surface area contributed by atoms with Crippen LogP contribution in [-0.2, 0) is 5.41 Å². The van der Waals surface area contributed by atoms with Gasteiger partial charge in [-0.1, -0.05) is 32.1 Å². The number of allylic oxidation sites excluding steroid dienone is 1. The van der Waals surface area contributed by atoms with Crippen molar-refractivity contribution in [1.29, 1.82) is 0 Å². The van der Waals surface area contributed by atoms with Crippen LogP contribution in [0.4, 0.5) is 0 Å². The highest BCUT2D eigenvalue weighted by molar-refractivity contribution is 5.95. The van der Waals surface area contributed by atoms with Gasteiger partial charge in [0.2, 0.25) is 0 Å². The van der Waals surface area contributed by atoms with Gasteiger partial charge >= 0.3 is 0 Å². The van der Waals surface area contributed by atoms with Crippen molar-refractivity contribution < 1.29 is 4.79 Å². The molecule has 0 aromatic heterocycles. The van der Waals surface area contributed by atoms with Crippen LogP contribution in [0, 0.1) is 0 Å². The predicted molar refractivity (Wildman–Crippen MR) is 66.3 cm³/mol. The average Bonchev–Trinajstić information content (AvgIpc) is 2.23. The summed E-state index contributed by atoms with van der Waals surface area (Å²) in [6.45, 7) is 5.97. The Balaban J connectivity index is 2.63. The molecule has 0 spiro atoms. The number of hydrogen-bond donors (Lipinski definition) is 1. The number of carbonyl (C=O) groups excluding carboxylic acids is 1. The van der Waals surface area contributed by atoms with Crippen molar-refractivity contribution in [3.8, 4) is 0 Å². The zero-order valence-electron chi connectivity index (χ0n) is 10.0. The summed E-state index contributed by atoms with van der Waals surface area (Å²) >= 11 is 0. The molecule has 0 amide bonds. The van der Waals surface area contributed by atoms with Crippen LogP contribution in [0.3, 0.4) is 0 Å². The molecule has 2 nitrogen and oxygen atoms in total. The van der Waals surface area contributed by atoms with Crippen molar-refractivity contribution in [3.05, 3.63) is 41.0 Å². The second-order valence-corrected chi connectivity index (χ2v) is 5.06. The minimum absolute atomic E-state index is 0.0824. The van der Waals surface area contributed by atoms with Gasteiger partial charge in [-0.2, -0.15) is 0 Å². The Bertz CT molecular complexity index is 484. The molecule has 0 bridgehead atoms. The van der Waals surface area contributed by atoms with Gasteiger partial charge < -0.3 is 5.73 Å². The molecular weight excluding hydrogens is 198 g/mol. The first kappa shape index (κ1) is 10.9. The number of rotatable bonds is 1. The third kappa shape index (κ3) is 1.64. The van der Waals surface area contributed by atoms with Crippen LogP contribution in [0.1, 0.15) is 48.7 Å². The first-order valence-electron chi connectivity index (χ1n) is 5.53. The minimum Gasteiger partial charge on any atom is -0.398 e. The summed E-state index contributed by atoms with van der Waals surface area (Å²) in [6, 6.07) is 5.83. The van der Waals surface area contributed by atoms with Gasteiger partial charge in [0, 0.05) is 16.8 Å². The van der Waals surface area contributed by atoms with E-state index in [1.807, 2.05) is 24.3 Å². The highest BCUT2D eigenvalue weighted by atomic mass is 16.1. The number of nitrogens with two attached hydrogens (primary N) is 1. The van der Waals surface area contributed by atoms with Crippen LogP contribution in [0.25, 0.3) is 5.70 Å². The Morgan fingerprint density at radius 1 is 1.38 bits per heavy atom. The molecule has 0 radical (unpaired) electrons. The van der Waals surface area contributed by atoms with Crippen LogP contribution >= 0.6 is 0 Å². The van der Waals surface area contributed by atoms with Gasteiger partial charge in [-0.3, -0.25) is 4.79 Å². The lowest BCUT2D eigenvalue weighted by molar-refractivity contribution is 0.101. The quantitative estimate of drug-likeness (QED) is 0.732. The van der Waals surface area contributed by atoms with E-state index in [4.69, 9.17) is 5.73 Å². The molecule has 0 saturated heterocycles. The fourth-order valence-electron chi connectivity index (χ4n) is 2.18. The topological polar surface area (TPSA) is 43.1 Å². The number of hydrogen-bond acceptors (Lipinski definition) is 2. The summed E-state index contributed by atoms with van der Waals surface area (Å²) in [5, 5.41) is 0. The van der Waals surface area contributed by atoms with E-state index in [1.54, 1.807) is 6.92 Å². The molecule has 0 aliphatic heterocycles. The van der Waals surface area contributed by atoms with Crippen LogP contribution in [0.5, 0.6) is 0 Å². The SMILES string of the molecule is CC(=O)c1ccc2c(c1)C(N)=CCC2(C)C. The van der Waals surface area contributed by atoms with Crippen molar-refractivity contribution >= 4 is 11.5 Å². The lowest BCUT2D eigenvalue weighted by atomic mass is 9.74. The zero-order valence-corrected chi connectivity index (χ0v) is 10.0.